The highest BCUT2D eigenvalue weighted by Gasteiger charge is 2.34. The average molecular weight is 341 g/mol. The van der Waals surface area contributed by atoms with Crippen LogP contribution < -0.4 is 10.6 Å². The number of nitrogens with one attached hydrogen (secondary N) is 2. The normalized spacial score (nSPS) is 20.5. The smallest absolute Gasteiger partial charge is 0.244 e. The van der Waals surface area contributed by atoms with E-state index in [0.29, 0.717) is 0 Å². The fourth-order valence-corrected chi connectivity index (χ4v) is 3.64. The van der Waals surface area contributed by atoms with Crippen molar-refractivity contribution >= 4 is 23.4 Å². The number of carbonyl (C=O) groups is 1. The number of carbonyl (C=O) groups excluding carboxylic acids is 1. The number of benzene rings is 1. The molecule has 126 valence electrons. The molecule has 1 aliphatic rings. The highest BCUT2D eigenvalue weighted by atomic mass is 32.2. The number of piperidine rings is 1. The first kappa shape index (κ1) is 17.0. The summed E-state index contributed by atoms with van der Waals surface area (Å²) < 4.78 is 0. The highest BCUT2D eigenvalue weighted by Crippen LogP contribution is 2.25. The van der Waals surface area contributed by atoms with Crippen LogP contribution in [0.1, 0.15) is 31.7 Å². The van der Waals surface area contributed by atoms with Gasteiger partial charge in [0.2, 0.25) is 5.91 Å². The fraction of sp³-hybridized carbons (Fsp3) is 0.368. The summed E-state index contributed by atoms with van der Waals surface area (Å²) in [5.74, 6) is 0.944. The predicted molar refractivity (Wildman–Crippen MR) is 99.1 cm³/mol. The summed E-state index contributed by atoms with van der Waals surface area (Å²) >= 11 is 1.76. The Morgan fingerprint density at radius 3 is 2.79 bits per heavy atom. The second kappa shape index (κ2) is 7.81. The second-order valence-corrected chi connectivity index (χ2v) is 7.39. The lowest BCUT2D eigenvalue weighted by atomic mass is 9.90. The van der Waals surface area contributed by atoms with Crippen molar-refractivity contribution in [2.45, 2.75) is 42.4 Å². The third kappa shape index (κ3) is 4.36. The van der Waals surface area contributed by atoms with Gasteiger partial charge in [-0.1, -0.05) is 6.07 Å². The van der Waals surface area contributed by atoms with Crippen molar-refractivity contribution in [3.8, 4) is 0 Å². The molecule has 1 aliphatic heterocycles. The minimum atomic E-state index is -0.452. The SMILES string of the molecule is CC1(C(=O)Nc2ccc(SCc3cccnc3)cc2)CCCCN1. The van der Waals surface area contributed by atoms with E-state index in [4.69, 9.17) is 0 Å². The van der Waals surface area contributed by atoms with Gasteiger partial charge in [0.1, 0.15) is 0 Å². The van der Waals surface area contributed by atoms with Gasteiger partial charge < -0.3 is 10.6 Å². The summed E-state index contributed by atoms with van der Waals surface area (Å²) in [4.78, 5) is 17.8. The van der Waals surface area contributed by atoms with Gasteiger partial charge in [-0.2, -0.15) is 0 Å². The zero-order chi connectivity index (χ0) is 16.8. The second-order valence-electron chi connectivity index (χ2n) is 6.34. The minimum Gasteiger partial charge on any atom is -0.324 e. The summed E-state index contributed by atoms with van der Waals surface area (Å²) in [6.45, 7) is 2.90. The molecule has 1 saturated heterocycles. The van der Waals surface area contributed by atoms with Crippen molar-refractivity contribution in [2.75, 3.05) is 11.9 Å². The molecule has 2 aromatic rings. The van der Waals surface area contributed by atoms with Gasteiger partial charge in [0, 0.05) is 28.7 Å². The van der Waals surface area contributed by atoms with Gasteiger partial charge in [-0.05, 0) is 68.6 Å². The zero-order valence-corrected chi connectivity index (χ0v) is 14.7. The van der Waals surface area contributed by atoms with E-state index >= 15 is 0 Å². The number of amides is 1. The Balaban J connectivity index is 1.55. The van der Waals surface area contributed by atoms with E-state index in [1.807, 2.05) is 43.5 Å². The Kier molecular flexibility index (Phi) is 5.53. The monoisotopic (exact) mass is 341 g/mol. The molecule has 2 N–H and O–H groups in total. The van der Waals surface area contributed by atoms with Gasteiger partial charge in [0.15, 0.2) is 0 Å². The van der Waals surface area contributed by atoms with E-state index in [2.05, 4.69) is 21.7 Å². The van der Waals surface area contributed by atoms with E-state index in [1.165, 1.54) is 10.5 Å². The molecule has 0 radical (unpaired) electrons. The molecular formula is C19H23N3OS. The van der Waals surface area contributed by atoms with Crippen LogP contribution in [0, 0.1) is 0 Å². The molecule has 4 nitrogen and oxygen atoms in total. The molecule has 0 saturated carbocycles. The van der Waals surface area contributed by atoms with E-state index in [-0.39, 0.29) is 5.91 Å². The maximum Gasteiger partial charge on any atom is 0.244 e. The number of rotatable bonds is 5. The number of hydrogen-bond donors (Lipinski definition) is 2. The van der Waals surface area contributed by atoms with Crippen molar-refractivity contribution in [3.05, 3.63) is 54.4 Å². The molecule has 24 heavy (non-hydrogen) atoms. The molecule has 1 atom stereocenters. The Labute approximate surface area is 147 Å². The quantitative estimate of drug-likeness (QED) is 0.811. The third-order valence-electron chi connectivity index (χ3n) is 4.36. The Morgan fingerprint density at radius 2 is 2.12 bits per heavy atom. The van der Waals surface area contributed by atoms with Crippen LogP contribution in [-0.4, -0.2) is 23.0 Å². The lowest BCUT2D eigenvalue weighted by Gasteiger charge is -2.33. The summed E-state index contributed by atoms with van der Waals surface area (Å²) in [5, 5.41) is 6.38. The summed E-state index contributed by atoms with van der Waals surface area (Å²) in [7, 11) is 0. The topological polar surface area (TPSA) is 54.0 Å². The Morgan fingerprint density at radius 1 is 1.29 bits per heavy atom. The molecule has 0 aliphatic carbocycles. The number of anilines is 1. The van der Waals surface area contributed by atoms with Crippen LogP contribution in [0.4, 0.5) is 5.69 Å². The van der Waals surface area contributed by atoms with Gasteiger partial charge in [-0.3, -0.25) is 9.78 Å². The summed E-state index contributed by atoms with van der Waals surface area (Å²) in [6, 6.07) is 12.1. The van der Waals surface area contributed by atoms with E-state index in [9.17, 15) is 4.79 Å². The van der Waals surface area contributed by atoms with Crippen molar-refractivity contribution in [1.29, 1.82) is 0 Å². The first-order valence-corrected chi connectivity index (χ1v) is 9.32. The van der Waals surface area contributed by atoms with Crippen molar-refractivity contribution in [1.82, 2.24) is 10.3 Å². The molecule has 1 aromatic heterocycles. The molecular weight excluding hydrogens is 318 g/mol. The zero-order valence-electron chi connectivity index (χ0n) is 13.9. The molecule has 1 fully saturated rings. The molecule has 1 amide bonds. The van der Waals surface area contributed by atoms with Crippen molar-refractivity contribution < 1.29 is 4.79 Å². The molecule has 3 rings (SSSR count). The summed E-state index contributed by atoms with van der Waals surface area (Å²) in [5.41, 5.74) is 1.60. The molecule has 1 unspecified atom stereocenters. The fourth-order valence-electron chi connectivity index (χ4n) is 2.80. The number of hydrogen-bond acceptors (Lipinski definition) is 4. The van der Waals surface area contributed by atoms with Crippen LogP contribution in [-0.2, 0) is 10.5 Å². The van der Waals surface area contributed by atoms with Crippen molar-refractivity contribution in [2.24, 2.45) is 0 Å². The Bertz CT molecular complexity index is 667. The lowest BCUT2D eigenvalue weighted by molar-refractivity contribution is -0.122. The molecule has 2 heterocycles. The van der Waals surface area contributed by atoms with Crippen LogP contribution in [0.2, 0.25) is 0 Å². The molecule has 1 aromatic carbocycles. The number of nitrogens with zero attached hydrogens (tertiary/aromatic N) is 1. The average Bonchev–Trinajstić information content (AvgIpc) is 2.62. The molecule has 0 bridgehead atoms. The largest absolute Gasteiger partial charge is 0.324 e. The van der Waals surface area contributed by atoms with Crippen LogP contribution in [0.5, 0.6) is 0 Å². The van der Waals surface area contributed by atoms with E-state index in [1.54, 1.807) is 18.0 Å². The molecule has 0 spiro atoms. The van der Waals surface area contributed by atoms with Gasteiger partial charge >= 0.3 is 0 Å². The number of pyridine rings is 1. The first-order valence-electron chi connectivity index (χ1n) is 8.34. The van der Waals surface area contributed by atoms with Crippen LogP contribution in [0.15, 0.2) is 53.7 Å². The third-order valence-corrected chi connectivity index (χ3v) is 5.44. The van der Waals surface area contributed by atoms with Crippen molar-refractivity contribution in [3.63, 3.8) is 0 Å². The lowest BCUT2D eigenvalue weighted by Crippen LogP contribution is -2.54. The standard InChI is InChI=1S/C19H23N3OS/c1-19(10-2-3-12-21-19)18(23)22-16-6-8-17(9-7-16)24-14-15-5-4-11-20-13-15/h4-9,11,13,21H,2-3,10,12,14H2,1H3,(H,22,23). The van der Waals surface area contributed by atoms with E-state index in [0.717, 1.165) is 37.2 Å². The van der Waals surface area contributed by atoms with Gasteiger partial charge in [-0.15, -0.1) is 11.8 Å². The molecule has 5 heteroatoms. The van der Waals surface area contributed by atoms with Gasteiger partial charge in [0.05, 0.1) is 5.54 Å². The number of thioether (sulfide) groups is 1. The number of aromatic nitrogens is 1. The van der Waals surface area contributed by atoms with Gasteiger partial charge in [0.25, 0.3) is 0 Å². The highest BCUT2D eigenvalue weighted by molar-refractivity contribution is 7.98. The van der Waals surface area contributed by atoms with Crippen LogP contribution >= 0.6 is 11.8 Å². The predicted octanol–water partition coefficient (Wildman–Crippen LogP) is 3.84. The Hall–Kier alpha value is -1.85. The maximum absolute atomic E-state index is 12.5. The summed E-state index contributed by atoms with van der Waals surface area (Å²) in [6.07, 6.45) is 6.80. The van der Waals surface area contributed by atoms with E-state index < -0.39 is 5.54 Å². The maximum atomic E-state index is 12.5. The minimum absolute atomic E-state index is 0.0537. The first-order chi connectivity index (χ1) is 11.7. The van der Waals surface area contributed by atoms with Crippen LogP contribution in [0.3, 0.4) is 0 Å². The van der Waals surface area contributed by atoms with Gasteiger partial charge in [-0.25, -0.2) is 0 Å². The van der Waals surface area contributed by atoms with Crippen LogP contribution in [0.25, 0.3) is 0 Å².